The highest BCUT2D eigenvalue weighted by atomic mass is 16.5. The van der Waals surface area contributed by atoms with Crippen LogP contribution in [0.4, 0.5) is 0 Å². The summed E-state index contributed by atoms with van der Waals surface area (Å²) in [6, 6.07) is 5.51. The van der Waals surface area contributed by atoms with Crippen molar-refractivity contribution in [3.63, 3.8) is 0 Å². The molecule has 0 radical (unpaired) electrons. The molecule has 5 heteroatoms. The molecule has 1 heterocycles. The largest absolute Gasteiger partial charge is 0.494 e. The van der Waals surface area contributed by atoms with E-state index in [-0.39, 0.29) is 6.54 Å². The molecular weight excluding hydrogens is 180 g/mol. The van der Waals surface area contributed by atoms with E-state index < -0.39 is 0 Å². The number of fused-ring (bicyclic) bond motifs is 1. The van der Waals surface area contributed by atoms with Crippen LogP contribution in [0, 0.1) is 0 Å². The van der Waals surface area contributed by atoms with Crippen molar-refractivity contribution in [3.8, 4) is 5.75 Å². The molecule has 2 rings (SSSR count). The summed E-state index contributed by atoms with van der Waals surface area (Å²) in [6.45, 7) is 0.279. The Kier molecular flexibility index (Phi) is 2.24. The topological polar surface area (TPSA) is 73.9 Å². The van der Waals surface area contributed by atoms with E-state index in [1.54, 1.807) is 7.11 Å². The minimum absolute atomic E-state index is 0.279. The van der Waals surface area contributed by atoms with Gasteiger partial charge in [0.1, 0.15) is 16.8 Å². The lowest BCUT2D eigenvalue weighted by atomic mass is 10.3. The van der Waals surface area contributed by atoms with Gasteiger partial charge in [0.25, 0.3) is 0 Å². The third-order valence-electron chi connectivity index (χ3n) is 1.89. The van der Waals surface area contributed by atoms with Crippen LogP contribution in [0.5, 0.6) is 5.75 Å². The van der Waals surface area contributed by atoms with E-state index >= 15 is 0 Å². The van der Waals surface area contributed by atoms with E-state index in [2.05, 4.69) is 15.2 Å². The van der Waals surface area contributed by atoms with Gasteiger partial charge in [-0.15, -0.1) is 10.2 Å². The van der Waals surface area contributed by atoms with E-state index in [4.69, 9.17) is 10.5 Å². The molecule has 2 N–H and O–H groups in total. The number of nitrogens with two attached hydrogens (primary N) is 1. The summed E-state index contributed by atoms with van der Waals surface area (Å²) < 4.78 is 5.16. The molecule has 5 nitrogen and oxygen atoms in total. The predicted molar refractivity (Wildman–Crippen MR) is 51.8 cm³/mol. The number of methoxy groups -OCH3 is 1. The van der Waals surface area contributed by atoms with Crippen LogP contribution < -0.4 is 10.5 Å². The van der Waals surface area contributed by atoms with Gasteiger partial charge >= 0.3 is 0 Å². The third-order valence-corrected chi connectivity index (χ3v) is 1.89. The lowest BCUT2D eigenvalue weighted by Gasteiger charge is -2.03. The summed E-state index contributed by atoms with van der Waals surface area (Å²) >= 11 is 0. The Morgan fingerprint density at radius 3 is 2.93 bits per heavy atom. The second-order valence-corrected chi connectivity index (χ2v) is 2.76. The van der Waals surface area contributed by atoms with Crippen LogP contribution in [0.15, 0.2) is 18.2 Å². The van der Waals surface area contributed by atoms with Crippen molar-refractivity contribution in [1.29, 1.82) is 0 Å². The molecule has 0 aliphatic heterocycles. The van der Waals surface area contributed by atoms with Gasteiger partial charge in [-0.1, -0.05) is 6.07 Å². The molecule has 1 aromatic carbocycles. The number of aromatic nitrogens is 3. The SMILES string of the molecule is COc1cccc2nnc(CN)nc12. The van der Waals surface area contributed by atoms with Crippen LogP contribution in [-0.4, -0.2) is 22.3 Å². The van der Waals surface area contributed by atoms with Crippen molar-refractivity contribution in [3.05, 3.63) is 24.0 Å². The third kappa shape index (κ3) is 1.38. The first-order chi connectivity index (χ1) is 6.85. The number of benzene rings is 1. The van der Waals surface area contributed by atoms with Crippen molar-refractivity contribution < 1.29 is 4.74 Å². The van der Waals surface area contributed by atoms with E-state index in [0.29, 0.717) is 22.6 Å². The Labute approximate surface area is 80.9 Å². The smallest absolute Gasteiger partial charge is 0.165 e. The fourth-order valence-electron chi connectivity index (χ4n) is 1.22. The second kappa shape index (κ2) is 3.55. The van der Waals surface area contributed by atoms with Crippen molar-refractivity contribution in [1.82, 2.24) is 15.2 Å². The molecule has 0 aliphatic rings. The summed E-state index contributed by atoms with van der Waals surface area (Å²) in [6.07, 6.45) is 0. The van der Waals surface area contributed by atoms with Crippen LogP contribution in [0.1, 0.15) is 5.82 Å². The molecule has 0 saturated heterocycles. The number of rotatable bonds is 2. The van der Waals surface area contributed by atoms with Crippen LogP contribution >= 0.6 is 0 Å². The van der Waals surface area contributed by atoms with Gasteiger partial charge in [-0.25, -0.2) is 4.98 Å². The zero-order valence-electron chi connectivity index (χ0n) is 7.77. The molecule has 72 valence electrons. The Bertz CT molecular complexity index is 458. The summed E-state index contributed by atoms with van der Waals surface area (Å²) in [5, 5.41) is 7.85. The van der Waals surface area contributed by atoms with Gasteiger partial charge in [-0.2, -0.15) is 0 Å². The molecule has 0 bridgehead atoms. The highest BCUT2D eigenvalue weighted by Gasteiger charge is 2.04. The molecule has 0 aliphatic carbocycles. The van der Waals surface area contributed by atoms with Crippen molar-refractivity contribution in [2.75, 3.05) is 7.11 Å². The minimum Gasteiger partial charge on any atom is -0.494 e. The summed E-state index contributed by atoms with van der Waals surface area (Å²) in [4.78, 5) is 4.24. The van der Waals surface area contributed by atoms with Gasteiger partial charge in [0.15, 0.2) is 5.82 Å². The first kappa shape index (κ1) is 8.83. The van der Waals surface area contributed by atoms with Crippen LogP contribution in [-0.2, 0) is 6.54 Å². The molecule has 0 saturated carbocycles. The average Bonchev–Trinajstić information content (AvgIpc) is 2.27. The van der Waals surface area contributed by atoms with E-state index in [1.807, 2.05) is 18.2 Å². The molecule has 1 aromatic heterocycles. The van der Waals surface area contributed by atoms with Gasteiger partial charge in [0.2, 0.25) is 0 Å². The zero-order valence-corrected chi connectivity index (χ0v) is 7.77. The Morgan fingerprint density at radius 1 is 1.36 bits per heavy atom. The van der Waals surface area contributed by atoms with Crippen LogP contribution in [0.3, 0.4) is 0 Å². The van der Waals surface area contributed by atoms with Gasteiger partial charge in [0, 0.05) is 0 Å². The highest BCUT2D eigenvalue weighted by Crippen LogP contribution is 2.20. The van der Waals surface area contributed by atoms with E-state index in [1.165, 1.54) is 0 Å². The number of hydrogen-bond donors (Lipinski definition) is 1. The van der Waals surface area contributed by atoms with Crippen LogP contribution in [0.2, 0.25) is 0 Å². The lowest BCUT2D eigenvalue weighted by molar-refractivity contribution is 0.418. The van der Waals surface area contributed by atoms with E-state index in [9.17, 15) is 0 Å². The second-order valence-electron chi connectivity index (χ2n) is 2.76. The standard InChI is InChI=1S/C9H10N4O/c1-14-7-4-2-3-6-9(7)11-8(5-10)13-12-6/h2-4H,5,10H2,1H3. The Hall–Kier alpha value is -1.75. The Morgan fingerprint density at radius 2 is 2.21 bits per heavy atom. The lowest BCUT2D eigenvalue weighted by Crippen LogP contribution is -2.05. The number of para-hydroxylation sites is 1. The molecule has 0 amide bonds. The molecule has 14 heavy (non-hydrogen) atoms. The fraction of sp³-hybridized carbons (Fsp3) is 0.222. The maximum Gasteiger partial charge on any atom is 0.165 e. The highest BCUT2D eigenvalue weighted by molar-refractivity contribution is 5.80. The van der Waals surface area contributed by atoms with Gasteiger partial charge in [0.05, 0.1) is 13.7 Å². The molecule has 2 aromatic rings. The molecule has 0 fully saturated rings. The normalized spacial score (nSPS) is 10.4. The van der Waals surface area contributed by atoms with E-state index in [0.717, 1.165) is 0 Å². The zero-order chi connectivity index (χ0) is 9.97. The number of hydrogen-bond acceptors (Lipinski definition) is 5. The van der Waals surface area contributed by atoms with Crippen molar-refractivity contribution in [2.24, 2.45) is 5.73 Å². The number of ether oxygens (including phenoxy) is 1. The maximum absolute atomic E-state index is 5.43. The van der Waals surface area contributed by atoms with Gasteiger partial charge in [-0.3, -0.25) is 0 Å². The average molecular weight is 190 g/mol. The van der Waals surface area contributed by atoms with Crippen molar-refractivity contribution in [2.45, 2.75) is 6.54 Å². The van der Waals surface area contributed by atoms with Gasteiger partial charge in [-0.05, 0) is 12.1 Å². The number of nitrogens with zero attached hydrogens (tertiary/aromatic N) is 3. The molecule has 0 spiro atoms. The molecule has 0 atom stereocenters. The summed E-state index contributed by atoms with van der Waals surface area (Å²) in [5.41, 5.74) is 6.84. The first-order valence-electron chi connectivity index (χ1n) is 4.21. The first-order valence-corrected chi connectivity index (χ1v) is 4.21. The van der Waals surface area contributed by atoms with Crippen molar-refractivity contribution >= 4 is 11.0 Å². The summed E-state index contributed by atoms with van der Waals surface area (Å²) in [7, 11) is 1.60. The predicted octanol–water partition coefficient (Wildman–Crippen LogP) is 0.492. The van der Waals surface area contributed by atoms with Crippen LogP contribution in [0.25, 0.3) is 11.0 Å². The summed E-state index contributed by atoms with van der Waals surface area (Å²) in [5.74, 6) is 1.20. The Balaban J connectivity index is 2.70. The minimum atomic E-state index is 0.279. The monoisotopic (exact) mass is 190 g/mol. The fourth-order valence-corrected chi connectivity index (χ4v) is 1.22. The molecule has 0 unspecified atom stereocenters. The van der Waals surface area contributed by atoms with Gasteiger partial charge < -0.3 is 10.5 Å². The quantitative estimate of drug-likeness (QED) is 0.746. The maximum atomic E-state index is 5.43. The molecular formula is C9H10N4O.